The smallest absolute Gasteiger partial charge is 0.231 e. The maximum Gasteiger partial charge on any atom is 0.231 e. The van der Waals surface area contributed by atoms with Gasteiger partial charge in [0.2, 0.25) is 12.5 Å². The third-order valence-corrected chi connectivity index (χ3v) is 3.06. The van der Waals surface area contributed by atoms with Crippen LogP contribution in [0.3, 0.4) is 0 Å². The lowest BCUT2D eigenvalue weighted by atomic mass is 9.98. The lowest BCUT2D eigenvalue weighted by Gasteiger charge is -2.12. The molecule has 0 saturated carbocycles. The highest BCUT2D eigenvalue weighted by Crippen LogP contribution is 2.46. The van der Waals surface area contributed by atoms with Crippen molar-refractivity contribution in [2.75, 3.05) is 13.9 Å². The van der Waals surface area contributed by atoms with Crippen LogP contribution in [-0.4, -0.2) is 20.2 Å². The lowest BCUT2D eigenvalue weighted by molar-refractivity contribution is 0.112. The third kappa shape index (κ3) is 1.81. The molecule has 1 aliphatic heterocycles. The van der Waals surface area contributed by atoms with E-state index in [1.165, 1.54) is 7.11 Å². The minimum atomic E-state index is 0.141. The second kappa shape index (κ2) is 4.65. The molecular formula is C15H12O4. The summed E-state index contributed by atoms with van der Waals surface area (Å²) in [6, 6.07) is 11.4. The van der Waals surface area contributed by atoms with Crippen LogP contribution in [0.25, 0.3) is 11.1 Å². The summed E-state index contributed by atoms with van der Waals surface area (Å²) in [5.41, 5.74) is 2.18. The molecule has 0 atom stereocenters. The largest absolute Gasteiger partial charge is 0.492 e. The number of ether oxygens (including phenoxy) is 3. The maximum absolute atomic E-state index is 11.4. The van der Waals surface area contributed by atoms with E-state index < -0.39 is 0 Å². The summed E-state index contributed by atoms with van der Waals surface area (Å²) in [4.78, 5) is 11.4. The number of carbonyl (C=O) groups excluding carboxylic acids is 1. The van der Waals surface area contributed by atoms with Crippen molar-refractivity contribution < 1.29 is 19.0 Å². The Balaban J connectivity index is 2.28. The molecule has 0 radical (unpaired) electrons. The second-order valence-corrected chi connectivity index (χ2v) is 4.09. The van der Waals surface area contributed by atoms with Crippen LogP contribution in [0.5, 0.6) is 17.2 Å². The fourth-order valence-corrected chi connectivity index (χ4v) is 2.20. The zero-order valence-electron chi connectivity index (χ0n) is 10.4. The van der Waals surface area contributed by atoms with Gasteiger partial charge in [-0.2, -0.15) is 0 Å². The average Bonchev–Trinajstić information content (AvgIpc) is 2.94. The fourth-order valence-electron chi connectivity index (χ4n) is 2.20. The fraction of sp³-hybridized carbons (Fsp3) is 0.133. The maximum atomic E-state index is 11.4. The predicted molar refractivity (Wildman–Crippen MR) is 69.9 cm³/mol. The van der Waals surface area contributed by atoms with Crippen LogP contribution in [0, 0.1) is 0 Å². The number of carbonyl (C=O) groups is 1. The van der Waals surface area contributed by atoms with Crippen molar-refractivity contribution in [3.63, 3.8) is 0 Å². The summed E-state index contributed by atoms with van der Waals surface area (Å²) in [6.07, 6.45) is 0.781. The van der Waals surface area contributed by atoms with E-state index in [-0.39, 0.29) is 6.79 Å². The van der Waals surface area contributed by atoms with Gasteiger partial charge in [-0.1, -0.05) is 30.3 Å². The Kier molecular flexibility index (Phi) is 2.83. The van der Waals surface area contributed by atoms with Crippen molar-refractivity contribution in [1.82, 2.24) is 0 Å². The second-order valence-electron chi connectivity index (χ2n) is 4.09. The Morgan fingerprint density at radius 3 is 2.68 bits per heavy atom. The van der Waals surface area contributed by atoms with E-state index in [9.17, 15) is 4.79 Å². The van der Waals surface area contributed by atoms with Crippen LogP contribution in [0.1, 0.15) is 10.4 Å². The summed E-state index contributed by atoms with van der Waals surface area (Å²) in [5.74, 6) is 1.51. The summed E-state index contributed by atoms with van der Waals surface area (Å²) < 4.78 is 16.0. The van der Waals surface area contributed by atoms with E-state index in [0.717, 1.165) is 17.4 Å². The molecule has 0 saturated heterocycles. The molecule has 0 spiro atoms. The molecule has 3 rings (SSSR count). The summed E-state index contributed by atoms with van der Waals surface area (Å²) in [6.45, 7) is 0.141. The van der Waals surface area contributed by atoms with Crippen LogP contribution >= 0.6 is 0 Å². The van der Waals surface area contributed by atoms with Crippen LogP contribution < -0.4 is 14.2 Å². The Labute approximate surface area is 110 Å². The highest BCUT2D eigenvalue weighted by atomic mass is 16.7. The molecule has 0 aliphatic carbocycles. The number of benzene rings is 2. The molecule has 96 valence electrons. The molecular weight excluding hydrogens is 244 g/mol. The van der Waals surface area contributed by atoms with Gasteiger partial charge in [-0.05, 0) is 17.2 Å². The third-order valence-electron chi connectivity index (χ3n) is 3.06. The number of hydrogen-bond donors (Lipinski definition) is 0. The first-order valence-corrected chi connectivity index (χ1v) is 5.86. The van der Waals surface area contributed by atoms with Gasteiger partial charge in [-0.25, -0.2) is 0 Å². The number of aldehydes is 1. The molecule has 1 aliphatic rings. The van der Waals surface area contributed by atoms with Crippen molar-refractivity contribution in [2.24, 2.45) is 0 Å². The topological polar surface area (TPSA) is 44.8 Å². The quantitative estimate of drug-likeness (QED) is 0.792. The van der Waals surface area contributed by atoms with E-state index in [1.54, 1.807) is 0 Å². The molecule has 0 amide bonds. The van der Waals surface area contributed by atoms with Crippen molar-refractivity contribution >= 4 is 6.29 Å². The van der Waals surface area contributed by atoms with E-state index >= 15 is 0 Å². The Morgan fingerprint density at radius 1 is 1.21 bits per heavy atom. The molecule has 4 nitrogen and oxygen atoms in total. The minimum Gasteiger partial charge on any atom is -0.492 e. The van der Waals surface area contributed by atoms with Crippen LogP contribution in [0.2, 0.25) is 0 Å². The SMILES string of the molecule is COc1c(C=O)c(-c2ccccc2)cc2c1OCO2. The molecule has 19 heavy (non-hydrogen) atoms. The minimum absolute atomic E-state index is 0.141. The van der Waals surface area contributed by atoms with Crippen molar-refractivity contribution in [3.8, 4) is 28.4 Å². The van der Waals surface area contributed by atoms with Gasteiger partial charge >= 0.3 is 0 Å². The first-order valence-electron chi connectivity index (χ1n) is 5.86. The first-order chi connectivity index (χ1) is 9.35. The van der Waals surface area contributed by atoms with Gasteiger partial charge in [-0.15, -0.1) is 0 Å². The summed E-state index contributed by atoms with van der Waals surface area (Å²) in [5, 5.41) is 0. The molecule has 0 unspecified atom stereocenters. The van der Waals surface area contributed by atoms with Gasteiger partial charge in [0.05, 0.1) is 12.7 Å². The molecule has 2 aromatic rings. The van der Waals surface area contributed by atoms with Crippen LogP contribution in [-0.2, 0) is 0 Å². The highest BCUT2D eigenvalue weighted by Gasteiger charge is 2.25. The lowest BCUT2D eigenvalue weighted by Crippen LogP contribution is -1.96. The summed E-state index contributed by atoms with van der Waals surface area (Å²) >= 11 is 0. The van der Waals surface area contributed by atoms with E-state index in [1.807, 2.05) is 36.4 Å². The van der Waals surface area contributed by atoms with Gasteiger partial charge in [0.15, 0.2) is 17.8 Å². The molecule has 0 aromatic heterocycles. The van der Waals surface area contributed by atoms with Crippen LogP contribution in [0.15, 0.2) is 36.4 Å². The van der Waals surface area contributed by atoms with Gasteiger partial charge in [0.1, 0.15) is 0 Å². The first kappa shape index (κ1) is 11.6. The van der Waals surface area contributed by atoms with Gasteiger partial charge in [0, 0.05) is 0 Å². The van der Waals surface area contributed by atoms with E-state index in [0.29, 0.717) is 22.8 Å². The Bertz CT molecular complexity index is 620. The van der Waals surface area contributed by atoms with Gasteiger partial charge in [0.25, 0.3) is 0 Å². The van der Waals surface area contributed by atoms with Gasteiger partial charge < -0.3 is 14.2 Å². The molecule has 0 fully saturated rings. The van der Waals surface area contributed by atoms with Crippen molar-refractivity contribution in [2.45, 2.75) is 0 Å². The molecule has 4 heteroatoms. The average molecular weight is 256 g/mol. The standard InChI is InChI=1S/C15H12O4/c1-17-14-12(8-16)11(10-5-3-2-4-6-10)7-13-15(14)19-9-18-13/h2-8H,9H2,1H3. The zero-order chi connectivity index (χ0) is 13.2. The highest BCUT2D eigenvalue weighted by molar-refractivity contribution is 5.94. The predicted octanol–water partition coefficient (Wildman–Crippen LogP) is 2.90. The summed E-state index contributed by atoms with van der Waals surface area (Å²) in [7, 11) is 1.51. The number of hydrogen-bond acceptors (Lipinski definition) is 4. The van der Waals surface area contributed by atoms with Crippen LogP contribution in [0.4, 0.5) is 0 Å². The number of methoxy groups -OCH3 is 1. The van der Waals surface area contributed by atoms with E-state index in [2.05, 4.69) is 0 Å². The zero-order valence-corrected chi connectivity index (χ0v) is 10.4. The van der Waals surface area contributed by atoms with E-state index in [4.69, 9.17) is 14.2 Å². The van der Waals surface area contributed by atoms with Crippen molar-refractivity contribution in [1.29, 1.82) is 0 Å². The Morgan fingerprint density at radius 2 is 2.00 bits per heavy atom. The Hall–Kier alpha value is -2.49. The normalized spacial score (nSPS) is 12.3. The number of rotatable bonds is 3. The number of fused-ring (bicyclic) bond motifs is 1. The molecule has 0 bridgehead atoms. The monoisotopic (exact) mass is 256 g/mol. The molecule has 0 N–H and O–H groups in total. The van der Waals surface area contributed by atoms with Crippen molar-refractivity contribution in [3.05, 3.63) is 42.0 Å². The van der Waals surface area contributed by atoms with Gasteiger partial charge in [-0.3, -0.25) is 4.79 Å². The molecule has 1 heterocycles. The molecule has 2 aromatic carbocycles.